The largest absolute Gasteiger partial charge is 0.350 e. The number of amides is 1. The van der Waals surface area contributed by atoms with Crippen LogP contribution in [-0.4, -0.2) is 26.3 Å². The summed E-state index contributed by atoms with van der Waals surface area (Å²) < 4.78 is 3.52. The van der Waals surface area contributed by atoms with Gasteiger partial charge < -0.3 is 9.88 Å². The number of carbonyl (C=O) groups excluding carboxylic acids is 1. The van der Waals surface area contributed by atoms with E-state index in [1.165, 1.54) is 18.7 Å². The quantitative estimate of drug-likeness (QED) is 0.583. The number of hydrogen-bond acceptors (Lipinski definition) is 2. The smallest absolute Gasteiger partial charge is 0.231 e. The van der Waals surface area contributed by atoms with Crippen LogP contribution in [0.1, 0.15) is 43.8 Å². The Labute approximate surface area is 134 Å². The maximum absolute atomic E-state index is 11.5. The summed E-state index contributed by atoms with van der Waals surface area (Å²) in [4.78, 5) is 16.2. The van der Waals surface area contributed by atoms with E-state index >= 15 is 0 Å². The van der Waals surface area contributed by atoms with Crippen molar-refractivity contribution in [2.45, 2.75) is 49.1 Å². The summed E-state index contributed by atoms with van der Waals surface area (Å²) in [5, 5.41) is 3.55. The summed E-state index contributed by atoms with van der Waals surface area (Å²) in [6, 6.07) is 0. The van der Waals surface area contributed by atoms with Gasteiger partial charge in [-0.25, -0.2) is 4.98 Å². The van der Waals surface area contributed by atoms with Crippen molar-refractivity contribution in [1.82, 2.24) is 14.9 Å². The number of nitrogens with zero attached hydrogens (tertiary/aromatic N) is 2. The molecule has 0 spiro atoms. The molecule has 4 aliphatic rings. The first-order valence-electron chi connectivity index (χ1n) is 6.68. The molecule has 4 nitrogen and oxygen atoms in total. The lowest BCUT2D eigenvalue weighted by Crippen LogP contribution is -2.79. The molecule has 6 heteroatoms. The second kappa shape index (κ2) is 3.96. The zero-order chi connectivity index (χ0) is 13.3. The second-order valence-corrected chi connectivity index (χ2v) is 7.95. The van der Waals surface area contributed by atoms with E-state index in [9.17, 15) is 4.79 Å². The van der Waals surface area contributed by atoms with Crippen molar-refractivity contribution >= 4 is 44.4 Å². The van der Waals surface area contributed by atoms with E-state index < -0.39 is 0 Å². The highest BCUT2D eigenvalue weighted by molar-refractivity contribution is 14.1. The van der Waals surface area contributed by atoms with Gasteiger partial charge in [0, 0.05) is 17.7 Å². The maximum Gasteiger partial charge on any atom is 0.231 e. The number of aromatic nitrogens is 2. The molecule has 0 unspecified atom stereocenters. The van der Waals surface area contributed by atoms with Crippen molar-refractivity contribution in [3.8, 4) is 0 Å². The van der Waals surface area contributed by atoms with E-state index in [4.69, 9.17) is 4.98 Å². The minimum atomic E-state index is 0.0847. The molecule has 1 aromatic heterocycles. The van der Waals surface area contributed by atoms with Gasteiger partial charge in [-0.05, 0) is 54.7 Å². The van der Waals surface area contributed by atoms with Crippen molar-refractivity contribution in [3.05, 3.63) is 15.7 Å². The van der Waals surface area contributed by atoms with Gasteiger partial charge in [0.1, 0.15) is 9.53 Å². The Balaban J connectivity index is 1.53. The average Bonchev–Trinajstić information content (AvgIpc) is 3.05. The van der Waals surface area contributed by atoms with Crippen LogP contribution in [0.2, 0.25) is 0 Å². The third-order valence-corrected chi connectivity index (χ3v) is 5.71. The van der Waals surface area contributed by atoms with Crippen LogP contribution in [0.5, 0.6) is 0 Å². The Kier molecular flexibility index (Phi) is 2.63. The number of carbonyl (C=O) groups is 1. The predicted molar refractivity (Wildman–Crippen MR) is 83.4 cm³/mol. The van der Waals surface area contributed by atoms with E-state index in [1.807, 2.05) is 0 Å². The normalized spacial score (nSPS) is 35.5. The van der Waals surface area contributed by atoms with Crippen molar-refractivity contribution in [2.24, 2.45) is 0 Å². The zero-order valence-corrected chi connectivity index (χ0v) is 14.2. The molecule has 1 N–H and O–H groups in total. The molecule has 4 fully saturated rings. The van der Waals surface area contributed by atoms with Gasteiger partial charge in [-0.3, -0.25) is 4.79 Å². The van der Waals surface area contributed by atoms with Gasteiger partial charge in [-0.2, -0.15) is 0 Å². The van der Waals surface area contributed by atoms with Crippen LogP contribution in [-0.2, 0) is 10.3 Å². The molecule has 2 bridgehead atoms. The van der Waals surface area contributed by atoms with Crippen LogP contribution in [0.25, 0.3) is 0 Å². The lowest BCUT2D eigenvalue weighted by molar-refractivity contribution is -0.154. The highest BCUT2D eigenvalue weighted by Gasteiger charge is 2.70. The van der Waals surface area contributed by atoms with Gasteiger partial charge in [0.2, 0.25) is 5.91 Å². The predicted octanol–water partition coefficient (Wildman–Crippen LogP) is 2.51. The van der Waals surface area contributed by atoms with Crippen LogP contribution >= 0.6 is 38.5 Å². The molecule has 1 amide bonds. The Morgan fingerprint density at radius 2 is 2.21 bits per heavy atom. The molecule has 0 aliphatic heterocycles. The summed E-state index contributed by atoms with van der Waals surface area (Å²) in [7, 11) is 0. The van der Waals surface area contributed by atoms with E-state index in [-0.39, 0.29) is 17.0 Å². The Hall–Kier alpha value is -0.110. The van der Waals surface area contributed by atoms with E-state index in [0.717, 1.165) is 23.0 Å². The fourth-order valence-electron chi connectivity index (χ4n) is 3.83. The van der Waals surface area contributed by atoms with Crippen LogP contribution in [0.15, 0.2) is 6.20 Å². The van der Waals surface area contributed by atoms with Crippen molar-refractivity contribution < 1.29 is 4.79 Å². The summed E-state index contributed by atoms with van der Waals surface area (Å²) in [6.45, 7) is 0. The van der Waals surface area contributed by atoms with Gasteiger partial charge in [0.15, 0.2) is 0 Å². The highest BCUT2D eigenvalue weighted by atomic mass is 127. The Morgan fingerprint density at radius 1 is 1.53 bits per heavy atom. The van der Waals surface area contributed by atoms with Crippen molar-refractivity contribution in [1.29, 1.82) is 0 Å². The molecule has 102 valence electrons. The molecule has 4 aliphatic carbocycles. The molecule has 0 aromatic carbocycles. The van der Waals surface area contributed by atoms with E-state index in [1.54, 1.807) is 0 Å². The molecule has 19 heavy (non-hydrogen) atoms. The number of halogens is 2. The first-order valence-corrected chi connectivity index (χ1v) is 8.88. The molecule has 5 rings (SSSR count). The minimum Gasteiger partial charge on any atom is -0.350 e. The number of hydrogen-bond donors (Lipinski definition) is 1. The average molecular weight is 436 g/mol. The van der Waals surface area contributed by atoms with Crippen molar-refractivity contribution in [3.63, 3.8) is 0 Å². The maximum atomic E-state index is 11.5. The molecule has 1 aromatic rings. The van der Waals surface area contributed by atoms with Crippen LogP contribution in [0, 0.1) is 3.70 Å². The summed E-state index contributed by atoms with van der Waals surface area (Å²) >= 11 is 5.52. The zero-order valence-electron chi connectivity index (χ0n) is 10.5. The van der Waals surface area contributed by atoms with E-state index in [2.05, 4.69) is 54.6 Å². The molecule has 4 saturated carbocycles. The minimum absolute atomic E-state index is 0.0847. The van der Waals surface area contributed by atoms with Gasteiger partial charge in [0.25, 0.3) is 0 Å². The standard InChI is InChI=1S/C13H15BrIN3O/c14-3-10(19)17-12-5-13(6-12,7-12)18-4-9(15)16-11(18)8-1-2-8/h4,8H,1-3,5-7H2,(H,17,19). The van der Waals surface area contributed by atoms with E-state index in [0.29, 0.717) is 11.2 Å². The van der Waals surface area contributed by atoms with Gasteiger partial charge in [-0.15, -0.1) is 0 Å². The number of nitrogens with one attached hydrogen (secondary N) is 1. The lowest BCUT2D eigenvalue weighted by atomic mass is 9.44. The van der Waals surface area contributed by atoms with Gasteiger partial charge in [-0.1, -0.05) is 15.9 Å². The molecule has 0 saturated heterocycles. The van der Waals surface area contributed by atoms with Crippen LogP contribution in [0.4, 0.5) is 0 Å². The molecule has 0 atom stereocenters. The molecular weight excluding hydrogens is 421 g/mol. The van der Waals surface area contributed by atoms with Crippen molar-refractivity contribution in [2.75, 3.05) is 5.33 Å². The van der Waals surface area contributed by atoms with Gasteiger partial charge >= 0.3 is 0 Å². The SMILES string of the molecule is O=C(CBr)NC12CC(n3cc(I)nc3C3CC3)(C1)C2. The number of alkyl halides is 1. The summed E-state index contributed by atoms with van der Waals surface area (Å²) in [5.41, 5.74) is 0.343. The number of imidazole rings is 1. The molecule has 1 heterocycles. The third-order valence-electron chi connectivity index (χ3n) is 4.69. The second-order valence-electron chi connectivity index (χ2n) is 6.28. The number of rotatable bonds is 4. The first-order chi connectivity index (χ1) is 9.06. The topological polar surface area (TPSA) is 46.9 Å². The monoisotopic (exact) mass is 435 g/mol. The molecular formula is C13H15BrIN3O. The third kappa shape index (κ3) is 1.81. The first kappa shape index (κ1) is 12.6. The fourth-order valence-corrected chi connectivity index (χ4v) is 4.49. The van der Waals surface area contributed by atoms with Crippen LogP contribution < -0.4 is 5.32 Å². The lowest BCUT2D eigenvalue weighted by Gasteiger charge is -2.71. The fraction of sp³-hybridized carbons (Fsp3) is 0.692. The summed E-state index contributed by atoms with van der Waals surface area (Å²) in [5.74, 6) is 2.08. The Morgan fingerprint density at radius 3 is 2.79 bits per heavy atom. The van der Waals surface area contributed by atoms with Gasteiger partial charge in [0.05, 0.1) is 10.9 Å². The summed E-state index contributed by atoms with van der Waals surface area (Å²) in [6.07, 6.45) is 7.99. The van der Waals surface area contributed by atoms with Crippen LogP contribution in [0.3, 0.4) is 0 Å². The highest BCUT2D eigenvalue weighted by Crippen LogP contribution is 2.66. The Bertz CT molecular complexity index is 546. The molecule has 0 radical (unpaired) electrons.